The molecule has 1 aromatic heterocycles. The van der Waals surface area contributed by atoms with Crippen molar-refractivity contribution in [2.24, 2.45) is 0 Å². The van der Waals surface area contributed by atoms with E-state index in [4.69, 9.17) is 5.73 Å². The second kappa shape index (κ2) is 3.79. The monoisotopic (exact) mass is 282 g/mol. The number of aromatic amines is 1. The SMILES string of the molecule is CN(C)c1cc(Br)cc2nc(N)[nH]c(=O)c12. The number of fused-ring (bicyclic) bond motifs is 1. The van der Waals surface area contributed by atoms with Crippen LogP contribution in [0.3, 0.4) is 0 Å². The van der Waals surface area contributed by atoms with Crippen LogP contribution in [0.15, 0.2) is 21.4 Å². The summed E-state index contributed by atoms with van der Waals surface area (Å²) in [6, 6.07) is 3.64. The number of nitrogens with one attached hydrogen (secondary N) is 1. The van der Waals surface area contributed by atoms with Crippen molar-refractivity contribution in [1.82, 2.24) is 9.97 Å². The second-order valence-electron chi connectivity index (χ2n) is 3.66. The van der Waals surface area contributed by atoms with Crippen LogP contribution < -0.4 is 16.2 Å². The lowest BCUT2D eigenvalue weighted by molar-refractivity contribution is 1.12. The second-order valence-corrected chi connectivity index (χ2v) is 4.58. The summed E-state index contributed by atoms with van der Waals surface area (Å²) in [5, 5.41) is 0.544. The van der Waals surface area contributed by atoms with Crippen LogP contribution in [-0.2, 0) is 0 Å². The highest BCUT2D eigenvalue weighted by molar-refractivity contribution is 9.10. The third-order valence-corrected chi connectivity index (χ3v) is 2.71. The van der Waals surface area contributed by atoms with Crippen molar-refractivity contribution in [1.29, 1.82) is 0 Å². The Morgan fingerprint density at radius 2 is 2.12 bits per heavy atom. The van der Waals surface area contributed by atoms with E-state index in [0.717, 1.165) is 10.2 Å². The predicted octanol–water partition coefficient (Wildman–Crippen LogP) is 1.33. The minimum atomic E-state index is -0.223. The number of nitrogens with two attached hydrogens (primary N) is 1. The van der Waals surface area contributed by atoms with E-state index >= 15 is 0 Å². The molecule has 2 aromatic rings. The molecule has 1 aromatic carbocycles. The number of benzene rings is 1. The molecule has 0 fully saturated rings. The van der Waals surface area contributed by atoms with Crippen molar-refractivity contribution >= 4 is 38.5 Å². The maximum Gasteiger partial charge on any atom is 0.262 e. The number of halogens is 1. The van der Waals surface area contributed by atoms with Gasteiger partial charge in [0.15, 0.2) is 0 Å². The van der Waals surface area contributed by atoms with Crippen molar-refractivity contribution in [3.8, 4) is 0 Å². The fraction of sp³-hybridized carbons (Fsp3) is 0.200. The normalized spacial score (nSPS) is 10.7. The maximum atomic E-state index is 11.8. The third kappa shape index (κ3) is 1.76. The lowest BCUT2D eigenvalue weighted by atomic mass is 10.2. The largest absolute Gasteiger partial charge is 0.377 e. The molecule has 5 nitrogen and oxygen atoms in total. The van der Waals surface area contributed by atoms with E-state index in [1.54, 1.807) is 6.07 Å². The zero-order valence-corrected chi connectivity index (χ0v) is 10.5. The van der Waals surface area contributed by atoms with E-state index in [9.17, 15) is 4.79 Å². The van der Waals surface area contributed by atoms with Crippen molar-refractivity contribution in [3.05, 3.63) is 27.0 Å². The van der Waals surface area contributed by atoms with Gasteiger partial charge in [-0.1, -0.05) is 15.9 Å². The van der Waals surface area contributed by atoms with Crippen LogP contribution in [0.4, 0.5) is 11.6 Å². The first-order valence-corrected chi connectivity index (χ1v) is 5.44. The molecule has 0 atom stereocenters. The van der Waals surface area contributed by atoms with Crippen LogP contribution in [0.1, 0.15) is 0 Å². The van der Waals surface area contributed by atoms with Gasteiger partial charge in [0.25, 0.3) is 5.56 Å². The van der Waals surface area contributed by atoms with Gasteiger partial charge < -0.3 is 10.6 Å². The number of anilines is 2. The quantitative estimate of drug-likeness (QED) is 0.828. The standard InChI is InChI=1S/C10H11BrN4O/c1-15(2)7-4-5(11)3-6-8(7)9(16)14-10(12)13-6/h3-4H,1-2H3,(H3,12,13,14,16). The first-order valence-electron chi connectivity index (χ1n) is 4.65. The van der Waals surface area contributed by atoms with Gasteiger partial charge in [-0.15, -0.1) is 0 Å². The number of aromatic nitrogens is 2. The Labute approximate surface area is 100 Å². The number of hydrogen-bond donors (Lipinski definition) is 2. The Bertz CT molecular complexity index is 600. The van der Waals surface area contributed by atoms with Gasteiger partial charge in [-0.25, -0.2) is 4.98 Å². The molecule has 84 valence electrons. The van der Waals surface area contributed by atoms with Gasteiger partial charge in [0.1, 0.15) is 0 Å². The molecule has 1 heterocycles. The number of rotatable bonds is 1. The summed E-state index contributed by atoms with van der Waals surface area (Å²) in [5.74, 6) is 0.125. The van der Waals surface area contributed by atoms with Gasteiger partial charge >= 0.3 is 0 Å². The summed E-state index contributed by atoms with van der Waals surface area (Å²) in [6.07, 6.45) is 0. The third-order valence-electron chi connectivity index (χ3n) is 2.25. The predicted molar refractivity (Wildman–Crippen MR) is 68.8 cm³/mol. The van der Waals surface area contributed by atoms with Crippen LogP contribution >= 0.6 is 15.9 Å². The van der Waals surface area contributed by atoms with Crippen molar-refractivity contribution in [2.75, 3.05) is 24.7 Å². The van der Waals surface area contributed by atoms with E-state index in [0.29, 0.717) is 10.9 Å². The average molecular weight is 283 g/mol. The Hall–Kier alpha value is -1.56. The van der Waals surface area contributed by atoms with E-state index in [1.807, 2.05) is 25.1 Å². The van der Waals surface area contributed by atoms with Gasteiger partial charge in [-0.3, -0.25) is 9.78 Å². The lowest BCUT2D eigenvalue weighted by Gasteiger charge is -2.15. The molecule has 0 bridgehead atoms. The van der Waals surface area contributed by atoms with Crippen LogP contribution in [0, 0.1) is 0 Å². The fourth-order valence-corrected chi connectivity index (χ4v) is 2.02. The van der Waals surface area contributed by atoms with Gasteiger partial charge in [0, 0.05) is 18.6 Å². The summed E-state index contributed by atoms with van der Waals surface area (Å²) >= 11 is 3.38. The van der Waals surface area contributed by atoms with Gasteiger partial charge in [-0.05, 0) is 12.1 Å². The number of H-pyrrole nitrogens is 1. The van der Waals surface area contributed by atoms with Crippen LogP contribution in [0.5, 0.6) is 0 Å². The van der Waals surface area contributed by atoms with E-state index in [-0.39, 0.29) is 11.5 Å². The molecule has 0 spiro atoms. The smallest absolute Gasteiger partial charge is 0.262 e. The Morgan fingerprint density at radius 1 is 1.44 bits per heavy atom. The topological polar surface area (TPSA) is 75.0 Å². The molecule has 0 radical (unpaired) electrons. The van der Waals surface area contributed by atoms with E-state index in [2.05, 4.69) is 25.9 Å². The highest BCUT2D eigenvalue weighted by atomic mass is 79.9. The maximum absolute atomic E-state index is 11.8. The highest BCUT2D eigenvalue weighted by Gasteiger charge is 2.10. The number of hydrogen-bond acceptors (Lipinski definition) is 4. The Balaban J connectivity index is 2.96. The van der Waals surface area contributed by atoms with Crippen molar-refractivity contribution in [3.63, 3.8) is 0 Å². The van der Waals surface area contributed by atoms with Gasteiger partial charge in [0.2, 0.25) is 5.95 Å². The first-order chi connectivity index (χ1) is 7.49. The molecule has 2 rings (SSSR count). The molecule has 0 saturated heterocycles. The molecule has 16 heavy (non-hydrogen) atoms. The minimum Gasteiger partial charge on any atom is -0.377 e. The van der Waals surface area contributed by atoms with E-state index in [1.165, 1.54) is 0 Å². The highest BCUT2D eigenvalue weighted by Crippen LogP contribution is 2.26. The number of nitrogen functional groups attached to an aromatic ring is 1. The zero-order valence-electron chi connectivity index (χ0n) is 8.91. The molecule has 3 N–H and O–H groups in total. The summed E-state index contributed by atoms with van der Waals surface area (Å²) in [4.78, 5) is 20.3. The van der Waals surface area contributed by atoms with Crippen molar-refractivity contribution in [2.45, 2.75) is 0 Å². The molecule has 0 amide bonds. The minimum absolute atomic E-state index is 0.125. The number of nitrogens with zero attached hydrogens (tertiary/aromatic N) is 2. The van der Waals surface area contributed by atoms with Crippen molar-refractivity contribution < 1.29 is 0 Å². The van der Waals surface area contributed by atoms with Gasteiger partial charge in [0.05, 0.1) is 16.6 Å². The first kappa shape index (κ1) is 10.9. The molecule has 0 unspecified atom stereocenters. The Morgan fingerprint density at radius 3 is 2.75 bits per heavy atom. The van der Waals surface area contributed by atoms with Crippen LogP contribution in [0.25, 0.3) is 10.9 Å². The molecule has 6 heteroatoms. The average Bonchev–Trinajstić information content (AvgIpc) is 2.14. The van der Waals surface area contributed by atoms with Crippen LogP contribution in [0.2, 0.25) is 0 Å². The molecule has 0 aliphatic carbocycles. The molecule has 0 aliphatic heterocycles. The summed E-state index contributed by atoms with van der Waals surface area (Å²) in [6.45, 7) is 0. The lowest BCUT2D eigenvalue weighted by Crippen LogP contribution is -2.17. The Kier molecular flexibility index (Phi) is 2.59. The molecule has 0 aliphatic rings. The summed E-state index contributed by atoms with van der Waals surface area (Å²) in [7, 11) is 3.74. The van der Waals surface area contributed by atoms with Gasteiger partial charge in [-0.2, -0.15) is 0 Å². The molecular formula is C10H11BrN4O. The zero-order chi connectivity index (χ0) is 11.9. The molecular weight excluding hydrogens is 272 g/mol. The van der Waals surface area contributed by atoms with E-state index < -0.39 is 0 Å². The van der Waals surface area contributed by atoms with Crippen LogP contribution in [-0.4, -0.2) is 24.1 Å². The summed E-state index contributed by atoms with van der Waals surface area (Å²) < 4.78 is 0.862. The molecule has 0 saturated carbocycles. The summed E-state index contributed by atoms with van der Waals surface area (Å²) in [5.41, 5.74) is 6.67. The fourth-order valence-electron chi connectivity index (χ4n) is 1.59.